The summed E-state index contributed by atoms with van der Waals surface area (Å²) in [6.07, 6.45) is 0. The molecule has 0 spiro atoms. The highest BCUT2D eigenvalue weighted by atomic mass is 16.5. The van der Waals surface area contributed by atoms with Crippen LogP contribution in [0.4, 0.5) is 0 Å². The molecule has 2 heterocycles. The van der Waals surface area contributed by atoms with Crippen LogP contribution in [-0.2, 0) is 6.61 Å². The predicted octanol–water partition coefficient (Wildman–Crippen LogP) is 3.19. The second-order valence-corrected chi connectivity index (χ2v) is 4.70. The molecule has 0 aromatic heterocycles. The average Bonchev–Trinajstić information content (AvgIpc) is 2.55. The summed E-state index contributed by atoms with van der Waals surface area (Å²) in [5.74, 6) is 2.40. The molecule has 0 saturated heterocycles. The molecule has 0 fully saturated rings. The first-order valence-electron chi connectivity index (χ1n) is 6.72. The maximum atomic E-state index is 10.9. The van der Waals surface area contributed by atoms with E-state index in [2.05, 4.69) is 0 Å². The molecule has 0 radical (unpaired) electrons. The van der Waals surface area contributed by atoms with Crippen LogP contribution in [0.25, 0.3) is 0 Å². The largest absolute Gasteiger partial charge is 0.507 e. The van der Waals surface area contributed by atoms with Gasteiger partial charge in [-0.1, -0.05) is 12.1 Å². The van der Waals surface area contributed by atoms with Crippen LogP contribution in [0, 0.1) is 0 Å². The molecule has 4 rings (SSSR count). The average molecular weight is 302 g/mol. The quantitative estimate of drug-likeness (QED) is 0.882. The van der Waals surface area contributed by atoms with Crippen LogP contribution < -0.4 is 14.2 Å². The topological polar surface area (TPSA) is 65.0 Å². The number of phenols is 1. The highest BCUT2D eigenvalue weighted by Crippen LogP contribution is 2.38. The Hall–Kier alpha value is -2.69. The van der Waals surface area contributed by atoms with Gasteiger partial charge < -0.3 is 19.3 Å². The van der Waals surface area contributed by atoms with Crippen molar-refractivity contribution in [1.82, 2.24) is 0 Å². The summed E-state index contributed by atoms with van der Waals surface area (Å²) in [4.78, 5) is 10.9. The second-order valence-electron chi connectivity index (χ2n) is 4.70. The van der Waals surface area contributed by atoms with E-state index < -0.39 is 0 Å². The van der Waals surface area contributed by atoms with Crippen LogP contribution in [0.2, 0.25) is 0 Å². The van der Waals surface area contributed by atoms with E-state index in [0.29, 0.717) is 23.7 Å². The minimum absolute atomic E-state index is 0.0592. The third-order valence-electron chi connectivity index (χ3n) is 3.24. The summed E-state index contributed by atoms with van der Waals surface area (Å²) in [5, 5.41) is 9.30. The van der Waals surface area contributed by atoms with Crippen molar-refractivity contribution in [2.75, 3.05) is 14.2 Å². The smallest absolute Gasteiger partial charge is 0.159 e. The number of ketones is 1. The number of carbonyl (C=O) groups is 1. The summed E-state index contributed by atoms with van der Waals surface area (Å²) in [5.41, 5.74) is 1.41. The van der Waals surface area contributed by atoms with E-state index in [9.17, 15) is 9.90 Å². The lowest BCUT2D eigenvalue weighted by Gasteiger charge is -2.19. The minimum atomic E-state index is 0.0592. The predicted molar refractivity (Wildman–Crippen MR) is 82.0 cm³/mol. The van der Waals surface area contributed by atoms with Gasteiger partial charge in [-0.3, -0.25) is 4.79 Å². The first kappa shape index (κ1) is 15.7. The lowest BCUT2D eigenvalue weighted by atomic mass is 10.1. The van der Waals surface area contributed by atoms with Crippen molar-refractivity contribution in [3.05, 3.63) is 47.5 Å². The number of fused-ring (bicyclic) bond motifs is 3. The summed E-state index contributed by atoms with van der Waals surface area (Å²) in [6, 6.07) is 10.5. The molecule has 2 bridgehead atoms. The fourth-order valence-corrected chi connectivity index (χ4v) is 2.01. The molecular formula is C17H18O5. The molecule has 116 valence electrons. The number of rotatable bonds is 3. The van der Waals surface area contributed by atoms with Crippen molar-refractivity contribution in [3.8, 4) is 23.0 Å². The van der Waals surface area contributed by atoms with E-state index in [1.165, 1.54) is 6.92 Å². The zero-order chi connectivity index (χ0) is 16.1. The molecule has 5 nitrogen and oxygen atoms in total. The van der Waals surface area contributed by atoms with Gasteiger partial charge in [-0.05, 0) is 19.1 Å². The third kappa shape index (κ3) is 3.49. The second kappa shape index (κ2) is 6.85. The Bertz CT molecular complexity index is 679. The van der Waals surface area contributed by atoms with E-state index in [1.807, 2.05) is 6.07 Å². The van der Waals surface area contributed by atoms with E-state index >= 15 is 0 Å². The standard InChI is InChI=1S/C9H10O2.C8H8O3/c1-7(10)8-4-3-5-9(6-8)11-2;1-10-8-3-5-2-7(9)6(8)4-11-5/h3-6H,1-2H3;2-3,9H,4H2,1H3. The first-order chi connectivity index (χ1) is 10.5. The molecule has 5 heteroatoms. The third-order valence-corrected chi connectivity index (χ3v) is 3.24. The van der Waals surface area contributed by atoms with Crippen molar-refractivity contribution in [2.24, 2.45) is 0 Å². The molecule has 1 N–H and O–H groups in total. The van der Waals surface area contributed by atoms with Gasteiger partial charge >= 0.3 is 0 Å². The number of methoxy groups -OCH3 is 2. The highest BCUT2D eigenvalue weighted by molar-refractivity contribution is 5.94. The van der Waals surface area contributed by atoms with Crippen molar-refractivity contribution < 1.29 is 24.1 Å². The van der Waals surface area contributed by atoms with Crippen molar-refractivity contribution in [1.29, 1.82) is 0 Å². The number of ether oxygens (including phenoxy) is 3. The molecule has 2 aromatic rings. The molecule has 0 saturated carbocycles. The zero-order valence-corrected chi connectivity index (χ0v) is 12.8. The number of hydrogen-bond donors (Lipinski definition) is 1. The van der Waals surface area contributed by atoms with E-state index in [1.54, 1.807) is 44.6 Å². The Labute approximate surface area is 129 Å². The number of phenolic OH excluding ortho intramolecular Hbond substituents is 1. The highest BCUT2D eigenvalue weighted by Gasteiger charge is 2.17. The van der Waals surface area contributed by atoms with Crippen LogP contribution in [0.15, 0.2) is 36.4 Å². The maximum absolute atomic E-state index is 10.9. The lowest BCUT2D eigenvalue weighted by Crippen LogP contribution is -2.05. The van der Waals surface area contributed by atoms with Gasteiger partial charge in [0.1, 0.15) is 29.6 Å². The SMILES string of the molecule is COc1cc2cc(O)c1CO2.COc1cccc(C(C)=O)c1. The molecule has 0 amide bonds. The molecule has 0 atom stereocenters. The van der Waals surface area contributed by atoms with Gasteiger partial charge in [0.2, 0.25) is 0 Å². The van der Waals surface area contributed by atoms with Gasteiger partial charge in [0.15, 0.2) is 5.78 Å². The van der Waals surface area contributed by atoms with Crippen LogP contribution in [-0.4, -0.2) is 25.1 Å². The van der Waals surface area contributed by atoms with Crippen molar-refractivity contribution >= 4 is 5.78 Å². The van der Waals surface area contributed by atoms with Crippen molar-refractivity contribution in [2.45, 2.75) is 13.5 Å². The fourth-order valence-electron chi connectivity index (χ4n) is 2.01. The fraction of sp³-hybridized carbons (Fsp3) is 0.235. The molecule has 0 aliphatic carbocycles. The van der Waals surface area contributed by atoms with E-state index in [-0.39, 0.29) is 11.5 Å². The minimum Gasteiger partial charge on any atom is -0.507 e. The van der Waals surface area contributed by atoms with Gasteiger partial charge in [0.25, 0.3) is 0 Å². The Morgan fingerprint density at radius 3 is 2.45 bits per heavy atom. The zero-order valence-electron chi connectivity index (χ0n) is 12.8. The molecule has 22 heavy (non-hydrogen) atoms. The number of benzene rings is 2. The molecule has 2 aliphatic rings. The van der Waals surface area contributed by atoms with Crippen LogP contribution in [0.3, 0.4) is 0 Å². The number of Topliss-reactive ketones (excluding diaryl/α,β-unsaturated/α-hetero) is 1. The molecule has 0 unspecified atom stereocenters. The first-order valence-corrected chi connectivity index (χ1v) is 6.72. The Morgan fingerprint density at radius 2 is 1.95 bits per heavy atom. The molecule has 2 aliphatic heterocycles. The van der Waals surface area contributed by atoms with Gasteiger partial charge in [-0.2, -0.15) is 0 Å². The summed E-state index contributed by atoms with van der Waals surface area (Å²) in [7, 11) is 3.16. The van der Waals surface area contributed by atoms with E-state index in [4.69, 9.17) is 14.2 Å². The van der Waals surface area contributed by atoms with Gasteiger partial charge in [-0.15, -0.1) is 0 Å². The molecular weight excluding hydrogens is 284 g/mol. The van der Waals surface area contributed by atoms with Gasteiger partial charge in [-0.25, -0.2) is 0 Å². The Balaban J connectivity index is 0.000000160. The summed E-state index contributed by atoms with van der Waals surface area (Å²) >= 11 is 0. The Kier molecular flexibility index (Phi) is 4.88. The van der Waals surface area contributed by atoms with Gasteiger partial charge in [0, 0.05) is 17.7 Å². The maximum Gasteiger partial charge on any atom is 0.159 e. The van der Waals surface area contributed by atoms with Gasteiger partial charge in [0.05, 0.1) is 19.8 Å². The normalized spacial score (nSPS) is 11.0. The number of hydrogen-bond acceptors (Lipinski definition) is 5. The number of aromatic hydroxyl groups is 1. The van der Waals surface area contributed by atoms with Crippen LogP contribution in [0.1, 0.15) is 22.8 Å². The molecule has 2 aromatic carbocycles. The summed E-state index contributed by atoms with van der Waals surface area (Å²) in [6.45, 7) is 1.95. The lowest BCUT2D eigenvalue weighted by molar-refractivity contribution is 0.101. The number of carbonyl (C=O) groups excluding carboxylic acids is 1. The van der Waals surface area contributed by atoms with Crippen LogP contribution in [0.5, 0.6) is 23.0 Å². The van der Waals surface area contributed by atoms with Crippen molar-refractivity contribution in [3.63, 3.8) is 0 Å². The monoisotopic (exact) mass is 302 g/mol. The van der Waals surface area contributed by atoms with Crippen LogP contribution >= 0.6 is 0 Å². The Morgan fingerprint density at radius 1 is 1.18 bits per heavy atom. The van der Waals surface area contributed by atoms with E-state index in [0.717, 1.165) is 11.3 Å². The summed E-state index contributed by atoms with van der Waals surface area (Å²) < 4.78 is 15.1.